The van der Waals surface area contributed by atoms with E-state index < -0.39 is 0 Å². The Labute approximate surface area is 85.3 Å². The topological polar surface area (TPSA) is 43.1 Å². The van der Waals surface area contributed by atoms with Gasteiger partial charge in [0.15, 0.2) is 0 Å². The van der Waals surface area contributed by atoms with Gasteiger partial charge >= 0.3 is 0 Å². The first-order valence-corrected chi connectivity index (χ1v) is 4.62. The summed E-state index contributed by atoms with van der Waals surface area (Å²) in [5.41, 5.74) is 1.17. The maximum absolute atomic E-state index is 12.0. The second-order valence-electron chi connectivity index (χ2n) is 3.29. The van der Waals surface area contributed by atoms with Crippen molar-refractivity contribution in [3.05, 3.63) is 52.9 Å². The Morgan fingerprint density at radius 2 is 1.93 bits per heavy atom. The predicted octanol–water partition coefficient (Wildman–Crippen LogP) is 2.29. The number of hydrogen-bond acceptors (Lipinski definition) is 3. The first-order valence-electron chi connectivity index (χ1n) is 4.62. The van der Waals surface area contributed by atoms with E-state index in [0.29, 0.717) is 22.4 Å². The van der Waals surface area contributed by atoms with Gasteiger partial charge in [-0.15, -0.1) is 0 Å². The summed E-state index contributed by atoms with van der Waals surface area (Å²) in [4.78, 5) is 16.3. The van der Waals surface area contributed by atoms with Crippen LogP contribution in [0.25, 0.3) is 22.4 Å². The van der Waals surface area contributed by atoms with E-state index in [0.717, 1.165) is 0 Å². The fraction of sp³-hybridized carbons (Fsp3) is 0. The minimum Gasteiger partial charge on any atom is -0.446 e. The summed E-state index contributed by atoms with van der Waals surface area (Å²) in [6.45, 7) is 0. The highest BCUT2D eigenvalue weighted by Gasteiger charge is 2.12. The molecule has 3 nitrogen and oxygen atoms in total. The zero-order valence-corrected chi connectivity index (χ0v) is 7.81. The zero-order valence-electron chi connectivity index (χ0n) is 7.81. The number of rotatable bonds is 0. The zero-order chi connectivity index (χ0) is 10.3. The van der Waals surface area contributed by atoms with Gasteiger partial charge < -0.3 is 4.42 Å². The molecule has 0 saturated carbocycles. The van der Waals surface area contributed by atoms with Crippen LogP contribution >= 0.6 is 0 Å². The smallest absolute Gasteiger partial charge is 0.230 e. The van der Waals surface area contributed by atoms with Crippen LogP contribution in [0, 0.1) is 0 Å². The molecular weight excluding hydrogens is 190 g/mol. The largest absolute Gasteiger partial charge is 0.446 e. The molecule has 1 aromatic carbocycles. The van der Waals surface area contributed by atoms with E-state index in [2.05, 4.69) is 4.98 Å². The summed E-state index contributed by atoms with van der Waals surface area (Å²) in [5, 5.41) is 0.631. The molecular formula is C12H7NO2. The van der Waals surface area contributed by atoms with Crippen LogP contribution in [-0.4, -0.2) is 4.98 Å². The molecule has 0 spiro atoms. The molecule has 0 bridgehead atoms. The fourth-order valence-electron chi connectivity index (χ4n) is 1.65. The molecule has 0 N–H and O–H groups in total. The Balaban J connectivity index is 2.62. The first kappa shape index (κ1) is 8.17. The minimum atomic E-state index is -0.0278. The highest BCUT2D eigenvalue weighted by atomic mass is 16.3. The van der Waals surface area contributed by atoms with E-state index in [-0.39, 0.29) is 5.43 Å². The lowest BCUT2D eigenvalue weighted by molar-refractivity contribution is 0.549. The van der Waals surface area contributed by atoms with Crippen LogP contribution in [0.3, 0.4) is 0 Å². The SMILES string of the molecule is O=c1c2cccoc-2nc2ccccc12. The van der Waals surface area contributed by atoms with Gasteiger partial charge in [0, 0.05) is 5.39 Å². The van der Waals surface area contributed by atoms with Crippen molar-refractivity contribution in [2.75, 3.05) is 0 Å². The average molecular weight is 197 g/mol. The Morgan fingerprint density at radius 3 is 2.87 bits per heavy atom. The van der Waals surface area contributed by atoms with Crippen LogP contribution in [0.15, 0.2) is 51.9 Å². The maximum Gasteiger partial charge on any atom is 0.230 e. The summed E-state index contributed by atoms with van der Waals surface area (Å²) in [6, 6.07) is 10.7. The molecule has 0 saturated heterocycles. The molecule has 0 atom stereocenters. The molecule has 0 unspecified atom stereocenters. The van der Waals surface area contributed by atoms with E-state index in [1.807, 2.05) is 12.1 Å². The van der Waals surface area contributed by atoms with Crippen LogP contribution in [0.1, 0.15) is 0 Å². The van der Waals surface area contributed by atoms with Crippen molar-refractivity contribution < 1.29 is 4.42 Å². The number of fused-ring (bicyclic) bond motifs is 2. The van der Waals surface area contributed by atoms with Crippen molar-refractivity contribution in [1.29, 1.82) is 0 Å². The second-order valence-corrected chi connectivity index (χ2v) is 3.29. The van der Waals surface area contributed by atoms with Crippen LogP contribution < -0.4 is 5.43 Å². The molecule has 3 heteroatoms. The van der Waals surface area contributed by atoms with Gasteiger partial charge in [-0.05, 0) is 24.3 Å². The summed E-state index contributed by atoms with van der Waals surface area (Å²) in [5.74, 6) is 0.390. The second kappa shape index (κ2) is 2.92. The third-order valence-electron chi connectivity index (χ3n) is 2.37. The molecule has 15 heavy (non-hydrogen) atoms. The molecule has 0 aromatic heterocycles. The van der Waals surface area contributed by atoms with E-state index in [9.17, 15) is 4.79 Å². The molecule has 0 amide bonds. The van der Waals surface area contributed by atoms with Gasteiger partial charge in [-0.25, -0.2) is 4.98 Å². The third-order valence-corrected chi connectivity index (χ3v) is 2.37. The molecule has 2 heterocycles. The average Bonchev–Trinajstić information content (AvgIpc) is 2.30. The molecule has 0 radical (unpaired) electrons. The summed E-state index contributed by atoms with van der Waals surface area (Å²) in [6.07, 6.45) is 1.52. The van der Waals surface area contributed by atoms with Crippen molar-refractivity contribution in [1.82, 2.24) is 4.98 Å². The maximum atomic E-state index is 12.0. The number of aromatic nitrogens is 1. The summed E-state index contributed by atoms with van der Waals surface area (Å²) in [7, 11) is 0. The fourth-order valence-corrected chi connectivity index (χ4v) is 1.65. The molecule has 2 aliphatic heterocycles. The lowest BCUT2D eigenvalue weighted by Crippen LogP contribution is -2.07. The van der Waals surface area contributed by atoms with Gasteiger partial charge in [0.25, 0.3) is 0 Å². The van der Waals surface area contributed by atoms with Crippen molar-refractivity contribution >= 4 is 10.9 Å². The quantitative estimate of drug-likeness (QED) is 0.519. The van der Waals surface area contributed by atoms with Crippen LogP contribution in [0.4, 0.5) is 0 Å². The van der Waals surface area contributed by atoms with Gasteiger partial charge in [0.1, 0.15) is 0 Å². The van der Waals surface area contributed by atoms with E-state index >= 15 is 0 Å². The lowest BCUT2D eigenvalue weighted by atomic mass is 10.1. The Bertz CT molecular complexity index is 656. The standard InChI is InChI=1S/C12H7NO2/c14-11-8-4-1-2-6-10(8)13-12-9(11)5-3-7-15-12/h1-7H. The molecule has 3 rings (SSSR count). The highest BCUT2D eigenvalue weighted by molar-refractivity contribution is 5.83. The number of nitrogens with zero attached hydrogens (tertiary/aromatic N) is 1. The van der Waals surface area contributed by atoms with Gasteiger partial charge in [-0.1, -0.05) is 12.1 Å². The number of para-hydroxylation sites is 1. The Kier molecular flexibility index (Phi) is 1.59. The van der Waals surface area contributed by atoms with Gasteiger partial charge in [-0.2, -0.15) is 0 Å². The number of pyridine rings is 1. The van der Waals surface area contributed by atoms with E-state index in [1.54, 1.807) is 24.3 Å². The van der Waals surface area contributed by atoms with Crippen molar-refractivity contribution in [3.8, 4) is 11.5 Å². The highest BCUT2D eigenvalue weighted by Crippen LogP contribution is 2.18. The normalized spacial score (nSPS) is 10.9. The van der Waals surface area contributed by atoms with E-state index in [4.69, 9.17) is 4.42 Å². The van der Waals surface area contributed by atoms with Gasteiger partial charge in [-0.3, -0.25) is 4.79 Å². The monoisotopic (exact) mass is 197 g/mol. The van der Waals surface area contributed by atoms with E-state index in [1.165, 1.54) is 6.26 Å². The number of benzene rings is 1. The van der Waals surface area contributed by atoms with Gasteiger partial charge in [0.05, 0.1) is 17.3 Å². The Hall–Kier alpha value is -2.16. The molecule has 1 aromatic rings. The van der Waals surface area contributed by atoms with Crippen LogP contribution in [-0.2, 0) is 0 Å². The minimum absolute atomic E-state index is 0.0278. The Morgan fingerprint density at radius 1 is 1.07 bits per heavy atom. The van der Waals surface area contributed by atoms with Crippen molar-refractivity contribution in [2.24, 2.45) is 0 Å². The first-order chi connectivity index (χ1) is 7.36. The predicted molar refractivity (Wildman–Crippen MR) is 56.9 cm³/mol. The third kappa shape index (κ3) is 1.13. The molecule has 72 valence electrons. The van der Waals surface area contributed by atoms with Crippen LogP contribution in [0.5, 0.6) is 0 Å². The molecule has 0 aliphatic carbocycles. The number of hydrogen-bond donors (Lipinski definition) is 0. The lowest BCUT2D eigenvalue weighted by Gasteiger charge is -2.03. The van der Waals surface area contributed by atoms with Crippen molar-refractivity contribution in [3.63, 3.8) is 0 Å². The summed E-state index contributed by atoms with van der Waals surface area (Å²) >= 11 is 0. The van der Waals surface area contributed by atoms with Crippen LogP contribution in [0.2, 0.25) is 0 Å². The molecule has 0 fully saturated rings. The summed E-state index contributed by atoms with van der Waals surface area (Å²) < 4.78 is 5.19. The van der Waals surface area contributed by atoms with Gasteiger partial charge in [0.2, 0.25) is 11.3 Å². The van der Waals surface area contributed by atoms with Crippen molar-refractivity contribution in [2.45, 2.75) is 0 Å². The molecule has 2 aliphatic rings.